The third kappa shape index (κ3) is 7.56. The Morgan fingerprint density at radius 3 is 2.49 bits per heavy atom. The second-order valence-electron chi connectivity index (χ2n) is 11.5. The van der Waals surface area contributed by atoms with Crippen molar-refractivity contribution < 1.29 is 42.8 Å². The topological polar surface area (TPSA) is 117 Å². The van der Waals surface area contributed by atoms with Crippen LogP contribution in [0.15, 0.2) is 22.6 Å². The number of aliphatic hydroxyl groups excluding tert-OH is 3. The quantitative estimate of drug-likeness (QED) is 0.350. The number of halogens is 3. The minimum atomic E-state index is -4.58. The van der Waals surface area contributed by atoms with Crippen molar-refractivity contribution in [1.29, 1.82) is 0 Å². The minimum Gasteiger partial charge on any atom is -0.457 e. The zero-order chi connectivity index (χ0) is 29.3. The van der Waals surface area contributed by atoms with Gasteiger partial charge in [-0.2, -0.15) is 13.2 Å². The average Bonchev–Trinajstić information content (AvgIpc) is 3.49. The van der Waals surface area contributed by atoms with Gasteiger partial charge in [0.1, 0.15) is 16.9 Å². The van der Waals surface area contributed by atoms with E-state index in [2.05, 4.69) is 4.98 Å². The Morgan fingerprint density at radius 1 is 1.23 bits per heavy atom. The van der Waals surface area contributed by atoms with Crippen LogP contribution in [0.5, 0.6) is 0 Å². The molecule has 39 heavy (non-hydrogen) atoms. The van der Waals surface area contributed by atoms with Crippen molar-refractivity contribution in [2.24, 2.45) is 29.1 Å². The molecular formula is C28H38F3NO6S. The summed E-state index contributed by atoms with van der Waals surface area (Å²) < 4.78 is 47.5. The molecule has 0 unspecified atom stereocenters. The third-order valence-electron chi connectivity index (χ3n) is 8.23. The molecule has 3 rings (SSSR count). The smallest absolute Gasteiger partial charge is 0.412 e. The maximum absolute atomic E-state index is 14.0. The van der Waals surface area contributed by atoms with Gasteiger partial charge in [0.25, 0.3) is 0 Å². The molecule has 3 N–H and O–H groups in total. The van der Waals surface area contributed by atoms with Gasteiger partial charge >= 0.3 is 12.1 Å². The summed E-state index contributed by atoms with van der Waals surface area (Å²) in [7, 11) is 0. The van der Waals surface area contributed by atoms with Gasteiger partial charge in [-0.05, 0) is 49.2 Å². The number of hydrogen-bond acceptors (Lipinski definition) is 8. The number of ether oxygens (including phenoxy) is 1. The molecule has 218 valence electrons. The number of rotatable bonds is 3. The van der Waals surface area contributed by atoms with Crippen LogP contribution in [0.25, 0.3) is 6.08 Å². The fourth-order valence-electron chi connectivity index (χ4n) is 5.35. The number of nitrogens with zero attached hydrogens (tertiary/aromatic N) is 1. The Hall–Kier alpha value is -2.08. The van der Waals surface area contributed by atoms with Gasteiger partial charge in [-0.15, -0.1) is 11.3 Å². The van der Waals surface area contributed by atoms with E-state index in [4.69, 9.17) is 4.74 Å². The van der Waals surface area contributed by atoms with Gasteiger partial charge < -0.3 is 20.1 Å². The summed E-state index contributed by atoms with van der Waals surface area (Å²) >= 11 is 1.22. The second-order valence-corrected chi connectivity index (χ2v) is 12.4. The lowest BCUT2D eigenvalue weighted by atomic mass is 9.72. The van der Waals surface area contributed by atoms with Crippen LogP contribution in [0, 0.1) is 29.1 Å². The average molecular weight is 574 g/mol. The van der Waals surface area contributed by atoms with Gasteiger partial charge in [0.05, 0.1) is 36.3 Å². The highest BCUT2D eigenvalue weighted by molar-refractivity contribution is 7.09. The summed E-state index contributed by atoms with van der Waals surface area (Å²) in [6.07, 6.45) is -6.04. The molecule has 0 saturated heterocycles. The van der Waals surface area contributed by atoms with Crippen LogP contribution < -0.4 is 0 Å². The van der Waals surface area contributed by atoms with E-state index in [-0.39, 0.29) is 31.3 Å². The number of hydrogen-bond donors (Lipinski definition) is 3. The number of Topliss-reactive ketones (excluding diaryl/α,β-unsaturated/α-hetero) is 1. The molecule has 1 aromatic rings. The fourth-order valence-corrected chi connectivity index (χ4v) is 5.96. The molecule has 0 spiro atoms. The van der Waals surface area contributed by atoms with E-state index in [9.17, 15) is 38.1 Å². The van der Waals surface area contributed by atoms with E-state index >= 15 is 0 Å². The molecule has 0 bridgehead atoms. The Kier molecular flexibility index (Phi) is 9.84. The molecule has 1 saturated carbocycles. The van der Waals surface area contributed by atoms with Gasteiger partial charge in [-0.1, -0.05) is 33.8 Å². The molecule has 1 aliphatic heterocycles. The number of allylic oxidation sites excluding steroid dienone is 1. The van der Waals surface area contributed by atoms with Crippen molar-refractivity contribution in [2.45, 2.75) is 91.4 Å². The molecule has 1 fully saturated rings. The van der Waals surface area contributed by atoms with Gasteiger partial charge in [0, 0.05) is 23.3 Å². The van der Waals surface area contributed by atoms with Crippen LogP contribution in [-0.2, 0) is 20.9 Å². The van der Waals surface area contributed by atoms with Crippen LogP contribution in [0.2, 0.25) is 0 Å². The molecule has 1 aliphatic carbocycles. The number of aliphatic hydroxyl groups is 3. The predicted octanol–water partition coefficient (Wildman–Crippen LogP) is 4.85. The van der Waals surface area contributed by atoms with E-state index in [0.29, 0.717) is 22.7 Å². The van der Waals surface area contributed by atoms with Gasteiger partial charge in [-0.25, -0.2) is 4.98 Å². The normalized spacial score (nSPS) is 34.6. The first-order chi connectivity index (χ1) is 18.1. The maximum atomic E-state index is 14.0. The highest BCUT2D eigenvalue weighted by atomic mass is 32.1. The van der Waals surface area contributed by atoms with Crippen molar-refractivity contribution in [3.63, 3.8) is 0 Å². The standard InChI is InChI=1S/C28H38F3NO6S/c1-14(8-19-13-39-23(12-33)32-19)21-7-6-18(28(29,30)31)9-17-10-20(17)15(2)25(36)16(3)26(37)27(4,5)22(34)11-24(35)38-21/h6,8,13,15-17,20-22,25,33-34,36H,7,9-12H2,1-5H3/b14-8+,18-6+/t15-,16+,17+,20+,21+,22-,25-/m0/s1. The lowest BCUT2D eigenvalue weighted by molar-refractivity contribution is -0.154. The molecule has 1 aromatic heterocycles. The summed E-state index contributed by atoms with van der Waals surface area (Å²) in [5, 5.41) is 33.2. The first kappa shape index (κ1) is 31.4. The molecule has 7 nitrogen and oxygen atoms in total. The predicted molar refractivity (Wildman–Crippen MR) is 140 cm³/mol. The lowest BCUT2D eigenvalue weighted by Gasteiger charge is -2.34. The summed E-state index contributed by atoms with van der Waals surface area (Å²) in [6, 6.07) is 0. The van der Waals surface area contributed by atoms with Crippen LogP contribution in [0.3, 0.4) is 0 Å². The number of esters is 1. The first-order valence-corrected chi connectivity index (χ1v) is 14.0. The van der Waals surface area contributed by atoms with E-state index in [1.54, 1.807) is 32.2 Å². The maximum Gasteiger partial charge on any atom is 0.412 e. The van der Waals surface area contributed by atoms with E-state index in [1.165, 1.54) is 25.2 Å². The van der Waals surface area contributed by atoms with Gasteiger partial charge in [0.15, 0.2) is 0 Å². The summed E-state index contributed by atoms with van der Waals surface area (Å²) in [4.78, 5) is 30.4. The van der Waals surface area contributed by atoms with E-state index in [1.807, 2.05) is 0 Å². The van der Waals surface area contributed by atoms with Crippen molar-refractivity contribution in [2.75, 3.05) is 0 Å². The summed E-state index contributed by atoms with van der Waals surface area (Å²) in [5.41, 5.74) is -1.18. The van der Waals surface area contributed by atoms with Crippen LogP contribution in [0.1, 0.15) is 71.0 Å². The molecule has 7 atom stereocenters. The zero-order valence-electron chi connectivity index (χ0n) is 22.9. The Labute approximate surface area is 230 Å². The van der Waals surface area contributed by atoms with Gasteiger partial charge in [-0.3, -0.25) is 9.59 Å². The molecule has 2 aliphatic rings. The summed E-state index contributed by atoms with van der Waals surface area (Å²) in [5.74, 6) is -3.05. The van der Waals surface area contributed by atoms with Crippen LogP contribution >= 0.6 is 11.3 Å². The number of carbonyl (C=O) groups is 2. The Morgan fingerprint density at radius 2 is 1.90 bits per heavy atom. The molecule has 0 amide bonds. The van der Waals surface area contributed by atoms with Crippen molar-refractivity contribution >= 4 is 29.2 Å². The molecule has 0 aromatic carbocycles. The monoisotopic (exact) mass is 573 g/mol. The number of cyclic esters (lactones) is 1. The molecular weight excluding hydrogens is 535 g/mol. The number of alkyl halides is 3. The SMILES string of the molecule is C/C(=C\c1csc(CO)n1)[C@H]1C/C=C(/C(F)(F)F)C[C@@H]2C[C@@H]2[C@H](C)[C@H](O)[C@@H](C)C(=O)C(C)(C)[C@@H](O)CC(=O)O1. The number of fused-ring (bicyclic) bond motifs is 1. The van der Waals surface area contributed by atoms with E-state index in [0.717, 1.165) is 6.08 Å². The number of aromatic nitrogens is 1. The minimum absolute atomic E-state index is 0.164. The number of ketones is 1. The lowest BCUT2D eigenvalue weighted by Crippen LogP contribution is -2.46. The highest BCUT2D eigenvalue weighted by Crippen LogP contribution is 2.51. The fraction of sp³-hybridized carbons (Fsp3) is 0.679. The van der Waals surface area contributed by atoms with E-state index < -0.39 is 65.5 Å². The van der Waals surface area contributed by atoms with Crippen LogP contribution in [-0.4, -0.2) is 56.5 Å². The highest BCUT2D eigenvalue weighted by Gasteiger charge is 2.49. The number of thiazole rings is 1. The Balaban J connectivity index is 1.98. The molecule has 2 heterocycles. The largest absolute Gasteiger partial charge is 0.457 e. The number of carbonyl (C=O) groups excluding carboxylic acids is 2. The van der Waals surface area contributed by atoms with Crippen molar-refractivity contribution in [1.82, 2.24) is 4.98 Å². The Bertz CT molecular complexity index is 1110. The molecule has 11 heteroatoms. The third-order valence-corrected chi connectivity index (χ3v) is 9.08. The van der Waals surface area contributed by atoms with Crippen molar-refractivity contribution in [3.05, 3.63) is 33.3 Å². The zero-order valence-corrected chi connectivity index (χ0v) is 23.7. The second kappa shape index (κ2) is 12.2. The van der Waals surface area contributed by atoms with Gasteiger partial charge in [0.2, 0.25) is 0 Å². The molecule has 0 radical (unpaired) electrons. The van der Waals surface area contributed by atoms with Crippen molar-refractivity contribution in [3.8, 4) is 0 Å². The first-order valence-electron chi connectivity index (χ1n) is 13.2. The summed E-state index contributed by atoms with van der Waals surface area (Å²) in [6.45, 7) is 7.66. The van der Waals surface area contributed by atoms with Crippen LogP contribution in [0.4, 0.5) is 13.2 Å².